The van der Waals surface area contributed by atoms with Gasteiger partial charge in [0.15, 0.2) is 0 Å². The summed E-state index contributed by atoms with van der Waals surface area (Å²) in [7, 11) is 0. The Labute approximate surface area is 119 Å². The highest BCUT2D eigenvalue weighted by atomic mass is 35.5. The Kier molecular flexibility index (Phi) is 4.83. The van der Waals surface area contributed by atoms with E-state index in [4.69, 9.17) is 22.1 Å². The molecule has 1 heterocycles. The lowest BCUT2D eigenvalue weighted by Crippen LogP contribution is -2.18. The summed E-state index contributed by atoms with van der Waals surface area (Å²) in [5.41, 5.74) is 7.67. The van der Waals surface area contributed by atoms with Crippen LogP contribution in [0.5, 0.6) is 5.75 Å². The van der Waals surface area contributed by atoms with E-state index in [0.29, 0.717) is 31.0 Å². The Hall–Kier alpha value is -1.06. The van der Waals surface area contributed by atoms with Crippen molar-refractivity contribution >= 4 is 17.4 Å². The third-order valence-electron chi connectivity index (χ3n) is 3.64. The van der Waals surface area contributed by atoms with Crippen LogP contribution in [0.15, 0.2) is 12.1 Å². The van der Waals surface area contributed by atoms with E-state index in [1.54, 1.807) is 0 Å². The lowest BCUT2D eigenvalue weighted by Gasteiger charge is -2.12. The normalized spacial score (nSPS) is 14.9. The third kappa shape index (κ3) is 3.48. The van der Waals surface area contributed by atoms with E-state index in [1.165, 1.54) is 0 Å². The molecule has 1 aromatic carbocycles. The van der Waals surface area contributed by atoms with Crippen LogP contribution in [-0.4, -0.2) is 18.9 Å². The van der Waals surface area contributed by atoms with E-state index in [2.05, 4.69) is 6.92 Å². The summed E-state index contributed by atoms with van der Waals surface area (Å²) in [6.45, 7) is 3.30. The van der Waals surface area contributed by atoms with Crippen molar-refractivity contribution in [2.75, 3.05) is 13.2 Å². The van der Waals surface area contributed by atoms with Crippen LogP contribution in [0.4, 0.5) is 0 Å². The van der Waals surface area contributed by atoms with Crippen molar-refractivity contribution in [2.45, 2.75) is 32.6 Å². The van der Waals surface area contributed by atoms with Gasteiger partial charge in [0.2, 0.25) is 0 Å². The van der Waals surface area contributed by atoms with Crippen LogP contribution in [-0.2, 0) is 17.6 Å². The van der Waals surface area contributed by atoms with Crippen molar-refractivity contribution in [1.82, 2.24) is 0 Å². The van der Waals surface area contributed by atoms with Gasteiger partial charge in [-0.2, -0.15) is 0 Å². The second-order valence-corrected chi connectivity index (χ2v) is 5.52. The molecule has 0 bridgehead atoms. The molecule has 19 heavy (non-hydrogen) atoms. The summed E-state index contributed by atoms with van der Waals surface area (Å²) in [5.74, 6) is 1.34. The first-order valence-corrected chi connectivity index (χ1v) is 7.17. The molecular weight excluding hydrogens is 262 g/mol. The number of carbonyl (C=O) groups excluding carboxylic acids is 1. The number of ketones is 1. The average molecular weight is 282 g/mol. The first-order valence-electron chi connectivity index (χ1n) is 6.79. The average Bonchev–Trinajstić information content (AvgIpc) is 2.84. The van der Waals surface area contributed by atoms with E-state index in [1.807, 2.05) is 12.1 Å². The molecular formula is C15H20ClNO2. The van der Waals surface area contributed by atoms with Gasteiger partial charge >= 0.3 is 0 Å². The third-order valence-corrected chi connectivity index (χ3v) is 3.86. The molecule has 1 aromatic rings. The van der Waals surface area contributed by atoms with E-state index in [-0.39, 0.29) is 11.7 Å². The van der Waals surface area contributed by atoms with Crippen molar-refractivity contribution in [2.24, 2.45) is 11.7 Å². The Morgan fingerprint density at radius 1 is 1.53 bits per heavy atom. The Morgan fingerprint density at radius 3 is 3.00 bits per heavy atom. The molecule has 1 aliphatic heterocycles. The van der Waals surface area contributed by atoms with E-state index in [9.17, 15) is 4.79 Å². The van der Waals surface area contributed by atoms with Gasteiger partial charge in [-0.3, -0.25) is 4.79 Å². The van der Waals surface area contributed by atoms with Gasteiger partial charge in [-0.1, -0.05) is 24.9 Å². The maximum absolute atomic E-state index is 12.1. The van der Waals surface area contributed by atoms with Gasteiger partial charge in [0.05, 0.1) is 6.61 Å². The van der Waals surface area contributed by atoms with Crippen molar-refractivity contribution < 1.29 is 9.53 Å². The monoisotopic (exact) mass is 281 g/mol. The lowest BCUT2D eigenvalue weighted by atomic mass is 9.95. The zero-order valence-electron chi connectivity index (χ0n) is 11.2. The largest absolute Gasteiger partial charge is 0.493 e. The minimum atomic E-state index is 0.206. The summed E-state index contributed by atoms with van der Waals surface area (Å²) in [6, 6.07) is 3.76. The molecule has 0 radical (unpaired) electrons. The fourth-order valence-corrected chi connectivity index (χ4v) is 2.74. The van der Waals surface area contributed by atoms with Gasteiger partial charge in [-0.05, 0) is 30.2 Å². The number of Topliss-reactive ketones (excluding diaryl/α,β-unsaturated/α-hetero) is 1. The first kappa shape index (κ1) is 14.4. The quantitative estimate of drug-likeness (QED) is 0.872. The Bertz CT molecular complexity index is 469. The zero-order valence-corrected chi connectivity index (χ0v) is 12.0. The minimum absolute atomic E-state index is 0.206. The number of hydrogen-bond acceptors (Lipinski definition) is 3. The van der Waals surface area contributed by atoms with Crippen LogP contribution in [0.3, 0.4) is 0 Å². The molecule has 0 saturated heterocycles. The van der Waals surface area contributed by atoms with E-state index >= 15 is 0 Å². The van der Waals surface area contributed by atoms with Gasteiger partial charge in [0.25, 0.3) is 0 Å². The number of halogens is 1. The van der Waals surface area contributed by atoms with Gasteiger partial charge < -0.3 is 10.5 Å². The number of rotatable bonds is 6. The molecule has 104 valence electrons. The number of nitrogens with two attached hydrogens (primary N) is 1. The van der Waals surface area contributed by atoms with Crippen LogP contribution in [0, 0.1) is 5.92 Å². The fraction of sp³-hybridized carbons (Fsp3) is 0.533. The van der Waals surface area contributed by atoms with Gasteiger partial charge in [-0.15, -0.1) is 0 Å². The van der Waals surface area contributed by atoms with Gasteiger partial charge in [-0.25, -0.2) is 0 Å². The molecule has 1 aliphatic rings. The number of benzene rings is 1. The van der Waals surface area contributed by atoms with Crippen molar-refractivity contribution in [3.8, 4) is 5.75 Å². The SMILES string of the molecule is CCC(CN)CC(=O)Cc1cc(Cl)cc2c1OCC2. The summed E-state index contributed by atoms with van der Waals surface area (Å²) < 4.78 is 5.61. The summed E-state index contributed by atoms with van der Waals surface area (Å²) in [5, 5.41) is 0.679. The predicted molar refractivity (Wildman–Crippen MR) is 76.8 cm³/mol. The van der Waals surface area contributed by atoms with Crippen LogP contribution < -0.4 is 10.5 Å². The Morgan fingerprint density at radius 2 is 2.32 bits per heavy atom. The number of ether oxygens (including phenoxy) is 1. The first-order chi connectivity index (χ1) is 9.13. The molecule has 4 heteroatoms. The lowest BCUT2D eigenvalue weighted by molar-refractivity contribution is -0.119. The van der Waals surface area contributed by atoms with E-state index < -0.39 is 0 Å². The molecule has 1 atom stereocenters. The molecule has 0 spiro atoms. The molecule has 0 fully saturated rings. The molecule has 1 unspecified atom stereocenters. The fourth-order valence-electron chi connectivity index (χ4n) is 2.48. The second kappa shape index (κ2) is 6.40. The van der Waals surface area contributed by atoms with Crippen molar-refractivity contribution in [3.63, 3.8) is 0 Å². The van der Waals surface area contributed by atoms with Crippen LogP contribution in [0.1, 0.15) is 30.9 Å². The highest BCUT2D eigenvalue weighted by molar-refractivity contribution is 6.30. The molecule has 0 saturated carbocycles. The highest BCUT2D eigenvalue weighted by Crippen LogP contribution is 2.33. The van der Waals surface area contributed by atoms with Gasteiger partial charge in [0, 0.05) is 29.8 Å². The van der Waals surface area contributed by atoms with E-state index in [0.717, 1.165) is 29.7 Å². The summed E-state index contributed by atoms with van der Waals surface area (Å²) in [4.78, 5) is 12.1. The topological polar surface area (TPSA) is 52.3 Å². The maximum atomic E-state index is 12.1. The van der Waals surface area contributed by atoms with Crippen LogP contribution in [0.2, 0.25) is 5.02 Å². The molecule has 0 amide bonds. The maximum Gasteiger partial charge on any atom is 0.137 e. The smallest absolute Gasteiger partial charge is 0.137 e. The molecule has 0 aliphatic carbocycles. The number of fused-ring (bicyclic) bond motifs is 1. The minimum Gasteiger partial charge on any atom is -0.493 e. The van der Waals surface area contributed by atoms with Crippen LogP contribution in [0.25, 0.3) is 0 Å². The van der Waals surface area contributed by atoms with Crippen molar-refractivity contribution in [3.05, 3.63) is 28.3 Å². The predicted octanol–water partition coefficient (Wildman–Crippen LogP) is 2.76. The molecule has 2 N–H and O–H groups in total. The standard InChI is InChI=1S/C15H20ClNO2/c1-2-10(9-17)5-14(18)8-12-7-13(16)6-11-3-4-19-15(11)12/h6-7,10H,2-5,8-9,17H2,1H3. The highest BCUT2D eigenvalue weighted by Gasteiger charge is 2.20. The summed E-state index contributed by atoms with van der Waals surface area (Å²) >= 11 is 6.09. The summed E-state index contributed by atoms with van der Waals surface area (Å²) in [6.07, 6.45) is 2.73. The number of hydrogen-bond donors (Lipinski definition) is 1. The zero-order chi connectivity index (χ0) is 13.8. The number of carbonyl (C=O) groups is 1. The van der Waals surface area contributed by atoms with Gasteiger partial charge in [0.1, 0.15) is 11.5 Å². The van der Waals surface area contributed by atoms with Crippen LogP contribution >= 0.6 is 11.6 Å². The molecule has 3 nitrogen and oxygen atoms in total. The second-order valence-electron chi connectivity index (χ2n) is 5.08. The Balaban J connectivity index is 2.09. The molecule has 2 rings (SSSR count). The van der Waals surface area contributed by atoms with Crippen molar-refractivity contribution in [1.29, 1.82) is 0 Å². The molecule has 0 aromatic heterocycles.